The van der Waals surface area contributed by atoms with Gasteiger partial charge >= 0.3 is 0 Å². The summed E-state index contributed by atoms with van der Waals surface area (Å²) in [5, 5.41) is 21.8. The van der Waals surface area contributed by atoms with Gasteiger partial charge in [-0.1, -0.05) is 42.5 Å². The fourth-order valence-corrected chi connectivity index (χ4v) is 3.91. The first kappa shape index (κ1) is 20.5. The maximum atomic E-state index is 9.90. The van der Waals surface area contributed by atoms with Gasteiger partial charge < -0.3 is 25.1 Å². The van der Waals surface area contributed by atoms with Gasteiger partial charge in [0, 0.05) is 31.2 Å². The summed E-state index contributed by atoms with van der Waals surface area (Å²) < 4.78 is 10.9. The molecule has 1 heterocycles. The second kappa shape index (κ2) is 9.34. The van der Waals surface area contributed by atoms with Crippen molar-refractivity contribution in [3.8, 4) is 11.5 Å². The molecule has 7 heteroatoms. The van der Waals surface area contributed by atoms with Crippen LogP contribution in [-0.4, -0.2) is 54.2 Å². The summed E-state index contributed by atoms with van der Waals surface area (Å²) >= 11 is 5.58. The predicted molar refractivity (Wildman–Crippen MR) is 112 cm³/mol. The molecule has 3 rings (SSSR count). The average Bonchev–Trinajstić information content (AvgIpc) is 2.75. The fraction of sp³-hybridized carbons (Fsp3) is 0.381. The molecule has 2 aromatic rings. The van der Waals surface area contributed by atoms with Crippen LogP contribution in [0.5, 0.6) is 11.5 Å². The van der Waals surface area contributed by atoms with E-state index >= 15 is 0 Å². The van der Waals surface area contributed by atoms with Gasteiger partial charge in [0.25, 0.3) is 0 Å². The van der Waals surface area contributed by atoms with Crippen LogP contribution in [0.1, 0.15) is 22.7 Å². The van der Waals surface area contributed by atoms with Crippen molar-refractivity contribution in [1.29, 1.82) is 0 Å². The lowest BCUT2D eigenvalue weighted by Crippen LogP contribution is -2.50. The summed E-state index contributed by atoms with van der Waals surface area (Å²) in [6.45, 7) is 0.382. The van der Waals surface area contributed by atoms with Gasteiger partial charge in [-0.2, -0.15) is 0 Å². The minimum Gasteiger partial charge on any atom is -0.493 e. The lowest BCUT2D eigenvalue weighted by molar-refractivity contribution is 0.0359. The standard InChI is InChI=1S/C21H26N2O4S/c1-26-18-10-15-8-9-23(22-21(28)14-6-4-3-5-7-14)20(16(12-24)13-25)17(15)11-19(18)27-2/h3-7,10-11,16,20,24-25H,8-9,12-13H2,1-2H3,(H,22,28). The van der Waals surface area contributed by atoms with Gasteiger partial charge in [-0.15, -0.1) is 0 Å². The first-order valence-corrected chi connectivity index (χ1v) is 9.63. The van der Waals surface area contributed by atoms with E-state index in [0.29, 0.717) is 23.0 Å². The molecule has 0 radical (unpaired) electrons. The van der Waals surface area contributed by atoms with Crippen LogP contribution in [0.15, 0.2) is 42.5 Å². The maximum Gasteiger partial charge on any atom is 0.161 e. The Labute approximate surface area is 170 Å². The molecule has 2 aromatic carbocycles. The van der Waals surface area contributed by atoms with Gasteiger partial charge in [-0.3, -0.25) is 0 Å². The number of hydrazine groups is 1. The van der Waals surface area contributed by atoms with E-state index in [9.17, 15) is 10.2 Å². The van der Waals surface area contributed by atoms with E-state index in [1.807, 2.05) is 47.5 Å². The molecule has 6 nitrogen and oxygen atoms in total. The quantitative estimate of drug-likeness (QED) is 0.613. The second-order valence-electron chi connectivity index (χ2n) is 6.73. The normalized spacial score (nSPS) is 16.5. The molecule has 1 unspecified atom stereocenters. The van der Waals surface area contributed by atoms with Gasteiger partial charge in [-0.25, -0.2) is 5.01 Å². The number of benzene rings is 2. The van der Waals surface area contributed by atoms with E-state index in [0.717, 1.165) is 23.1 Å². The van der Waals surface area contributed by atoms with Crippen LogP contribution in [0.2, 0.25) is 0 Å². The Morgan fingerprint density at radius 3 is 2.39 bits per heavy atom. The molecule has 1 atom stereocenters. The smallest absolute Gasteiger partial charge is 0.161 e. The van der Waals surface area contributed by atoms with Crippen LogP contribution < -0.4 is 14.9 Å². The molecule has 0 saturated heterocycles. The number of rotatable bonds is 7. The molecule has 150 valence electrons. The molecule has 0 bridgehead atoms. The number of ether oxygens (including phenoxy) is 2. The number of thiocarbonyl (C=S) groups is 1. The van der Waals surface area contributed by atoms with Gasteiger partial charge in [0.15, 0.2) is 11.5 Å². The van der Waals surface area contributed by atoms with Crippen molar-refractivity contribution in [1.82, 2.24) is 10.4 Å². The highest BCUT2D eigenvalue weighted by Gasteiger charge is 2.35. The Morgan fingerprint density at radius 2 is 1.79 bits per heavy atom. The zero-order chi connectivity index (χ0) is 20.1. The van der Waals surface area contributed by atoms with Crippen molar-refractivity contribution in [2.75, 3.05) is 34.0 Å². The second-order valence-corrected chi connectivity index (χ2v) is 7.13. The Hall–Kier alpha value is -2.19. The van der Waals surface area contributed by atoms with Gasteiger partial charge in [0.1, 0.15) is 4.99 Å². The first-order valence-electron chi connectivity index (χ1n) is 9.22. The highest BCUT2D eigenvalue weighted by Crippen LogP contribution is 2.40. The molecule has 1 aliphatic rings. The number of hydrogen-bond donors (Lipinski definition) is 3. The van der Waals surface area contributed by atoms with Crippen LogP contribution in [0.3, 0.4) is 0 Å². The van der Waals surface area contributed by atoms with Crippen LogP contribution in [-0.2, 0) is 6.42 Å². The van der Waals surface area contributed by atoms with Crippen molar-refractivity contribution in [2.45, 2.75) is 12.5 Å². The summed E-state index contributed by atoms with van der Waals surface area (Å²) in [5.41, 5.74) is 6.32. The van der Waals surface area contributed by atoms with E-state index in [1.165, 1.54) is 0 Å². The molecule has 0 saturated carbocycles. The van der Waals surface area contributed by atoms with Crippen LogP contribution in [0.4, 0.5) is 0 Å². The minimum atomic E-state index is -0.372. The topological polar surface area (TPSA) is 74.2 Å². The van der Waals surface area contributed by atoms with Crippen LogP contribution >= 0.6 is 12.2 Å². The number of fused-ring (bicyclic) bond motifs is 1. The first-order chi connectivity index (χ1) is 13.6. The number of nitrogens with one attached hydrogen (secondary N) is 1. The molecule has 0 amide bonds. The Bertz CT molecular complexity index is 812. The third kappa shape index (κ3) is 4.12. The molecule has 3 N–H and O–H groups in total. The van der Waals surface area contributed by atoms with E-state index in [4.69, 9.17) is 21.7 Å². The molecule has 0 spiro atoms. The molecular weight excluding hydrogens is 376 g/mol. The number of aliphatic hydroxyl groups is 2. The highest BCUT2D eigenvalue weighted by molar-refractivity contribution is 7.80. The SMILES string of the molecule is COc1cc2c(cc1OC)C(C(CO)CO)N(NC(=S)c1ccccc1)CC2. The monoisotopic (exact) mass is 402 g/mol. The summed E-state index contributed by atoms with van der Waals surface area (Å²) in [4.78, 5) is 0.601. The number of hydrogen-bond acceptors (Lipinski definition) is 6. The molecule has 0 aromatic heterocycles. The summed E-state index contributed by atoms with van der Waals surface area (Å²) in [7, 11) is 3.21. The largest absolute Gasteiger partial charge is 0.493 e. The van der Waals surface area contributed by atoms with Crippen molar-refractivity contribution in [3.63, 3.8) is 0 Å². The maximum absolute atomic E-state index is 9.90. The minimum absolute atomic E-state index is 0.148. The third-order valence-corrected chi connectivity index (χ3v) is 5.45. The summed E-state index contributed by atoms with van der Waals surface area (Å²) in [6, 6.07) is 13.4. The molecule has 28 heavy (non-hydrogen) atoms. The van der Waals surface area contributed by atoms with E-state index < -0.39 is 0 Å². The molecule has 0 fully saturated rings. The fourth-order valence-electron chi connectivity index (χ4n) is 3.65. The molecular formula is C21H26N2O4S. The summed E-state index contributed by atoms with van der Waals surface area (Å²) in [6.07, 6.45) is 0.778. The number of aliphatic hydroxyl groups excluding tert-OH is 2. The van der Waals surface area contributed by atoms with E-state index in [1.54, 1.807) is 14.2 Å². The Balaban J connectivity index is 1.97. The lowest BCUT2D eigenvalue weighted by atomic mass is 9.85. The van der Waals surface area contributed by atoms with Crippen molar-refractivity contribution < 1.29 is 19.7 Å². The van der Waals surface area contributed by atoms with Gasteiger partial charge in [-0.05, 0) is 29.7 Å². The van der Waals surface area contributed by atoms with Gasteiger partial charge in [0.05, 0.1) is 20.3 Å². The van der Waals surface area contributed by atoms with E-state index in [2.05, 4.69) is 5.43 Å². The number of methoxy groups -OCH3 is 2. The van der Waals surface area contributed by atoms with E-state index in [-0.39, 0.29) is 25.2 Å². The summed E-state index contributed by atoms with van der Waals surface area (Å²) in [5.74, 6) is 0.919. The Kier molecular flexibility index (Phi) is 6.85. The zero-order valence-electron chi connectivity index (χ0n) is 16.1. The van der Waals surface area contributed by atoms with Crippen molar-refractivity contribution >= 4 is 17.2 Å². The molecule has 0 aliphatic carbocycles. The predicted octanol–water partition coefficient (Wildman–Crippen LogP) is 2.08. The van der Waals surface area contributed by atoms with Crippen molar-refractivity contribution in [3.05, 3.63) is 59.2 Å². The molecule has 1 aliphatic heterocycles. The zero-order valence-corrected chi connectivity index (χ0v) is 16.9. The Morgan fingerprint density at radius 1 is 1.14 bits per heavy atom. The third-order valence-electron chi connectivity index (χ3n) is 5.12. The van der Waals surface area contributed by atoms with Crippen molar-refractivity contribution in [2.24, 2.45) is 5.92 Å². The van der Waals surface area contributed by atoms with Gasteiger partial charge in [0.2, 0.25) is 0 Å². The highest BCUT2D eigenvalue weighted by atomic mass is 32.1. The number of nitrogens with zero attached hydrogens (tertiary/aromatic N) is 1. The lowest BCUT2D eigenvalue weighted by Gasteiger charge is -2.41. The average molecular weight is 403 g/mol. The van der Waals surface area contributed by atoms with Crippen LogP contribution in [0, 0.1) is 5.92 Å². The van der Waals surface area contributed by atoms with Crippen LogP contribution in [0.25, 0.3) is 0 Å².